The zero-order valence-electron chi connectivity index (χ0n) is 16.0. The van der Waals surface area contributed by atoms with Gasteiger partial charge >= 0.3 is 12.8 Å². The van der Waals surface area contributed by atoms with Crippen LogP contribution in [0.1, 0.15) is 11.1 Å². The van der Waals surface area contributed by atoms with Crippen LogP contribution in [0.15, 0.2) is 53.5 Å². The van der Waals surface area contributed by atoms with Gasteiger partial charge in [-0.05, 0) is 48.5 Å². The van der Waals surface area contributed by atoms with E-state index in [0.29, 0.717) is 11.5 Å². The summed E-state index contributed by atoms with van der Waals surface area (Å²) < 4.78 is 78.2. The molecule has 1 N–H and O–H groups in total. The van der Waals surface area contributed by atoms with Gasteiger partial charge in [-0.1, -0.05) is 4.48 Å². The summed E-state index contributed by atoms with van der Waals surface area (Å²) in [5, 5.41) is 9.56. The van der Waals surface area contributed by atoms with Gasteiger partial charge in [-0.25, -0.2) is 0 Å². The van der Waals surface area contributed by atoms with Crippen LogP contribution in [-0.4, -0.2) is 49.1 Å². The summed E-state index contributed by atoms with van der Waals surface area (Å²) in [6.45, 7) is -5.26. The smallest absolute Gasteiger partial charge is 0.497 e. The number of aliphatic imine (C=N–C) groups is 1. The number of hydrogen-bond acceptors (Lipinski definition) is 4. The molecule has 1 atom stereocenters. The number of hydrogen-bond donors (Lipinski definition) is 1. The molecule has 1 aliphatic rings. The maximum Gasteiger partial charge on any atom is 0.576 e. The number of nitrogens with zero attached hydrogens (tertiary/aromatic N) is 2. The van der Waals surface area contributed by atoms with Crippen molar-refractivity contribution in [2.45, 2.75) is 12.8 Å². The summed E-state index contributed by atoms with van der Waals surface area (Å²) in [4.78, 5) is 3.82. The number of halogens is 5. The molecule has 3 rings (SSSR count). The maximum absolute atomic E-state index is 14.2. The predicted octanol–water partition coefficient (Wildman–Crippen LogP) is 4.49. The van der Waals surface area contributed by atoms with Crippen LogP contribution in [0, 0.1) is 0 Å². The lowest BCUT2D eigenvalue weighted by molar-refractivity contribution is -0.944. The third-order valence-corrected chi connectivity index (χ3v) is 4.79. The van der Waals surface area contributed by atoms with Crippen LogP contribution < -0.4 is 9.47 Å². The number of aliphatic hydroxyl groups excluding tert-OH is 1. The lowest BCUT2D eigenvalue weighted by atomic mass is 10.0. The average molecular weight is 429 g/mol. The molecule has 1 aliphatic heterocycles. The predicted molar refractivity (Wildman–Crippen MR) is 99.6 cm³/mol. The molecule has 10 heteroatoms. The molecule has 0 saturated heterocycles. The van der Waals surface area contributed by atoms with Gasteiger partial charge in [0, 0.05) is 11.1 Å². The van der Waals surface area contributed by atoms with E-state index in [1.807, 2.05) is 0 Å². The first-order valence-corrected chi connectivity index (χ1v) is 8.67. The first-order chi connectivity index (χ1) is 14.2. The van der Waals surface area contributed by atoms with E-state index < -0.39 is 35.5 Å². The van der Waals surface area contributed by atoms with Gasteiger partial charge in [0.15, 0.2) is 5.70 Å². The Morgan fingerprint density at radius 1 is 0.900 bits per heavy atom. The van der Waals surface area contributed by atoms with Gasteiger partial charge in [0.1, 0.15) is 23.8 Å². The fourth-order valence-electron chi connectivity index (χ4n) is 3.34. The first kappa shape index (κ1) is 21.7. The first-order valence-electron chi connectivity index (χ1n) is 8.67. The van der Waals surface area contributed by atoms with Crippen molar-refractivity contribution in [1.82, 2.24) is 0 Å². The van der Waals surface area contributed by atoms with Crippen LogP contribution in [-0.2, 0) is 0 Å². The average Bonchev–Trinajstić information content (AvgIpc) is 3.10. The van der Waals surface area contributed by atoms with Crippen LogP contribution in [0.3, 0.4) is 0 Å². The lowest BCUT2D eigenvalue weighted by Crippen LogP contribution is -2.62. The van der Waals surface area contributed by atoms with Crippen molar-refractivity contribution in [3.05, 3.63) is 59.7 Å². The molecule has 0 amide bonds. The van der Waals surface area contributed by atoms with Gasteiger partial charge in [0.25, 0.3) is 0 Å². The Hall–Kier alpha value is -2.98. The van der Waals surface area contributed by atoms with Crippen molar-refractivity contribution in [1.29, 1.82) is 0 Å². The summed E-state index contributed by atoms with van der Waals surface area (Å²) >= 11 is 0. The Kier molecular flexibility index (Phi) is 5.82. The number of amidine groups is 1. The standard InChI is InChI=1S/C20H18F5N2O3/c1-29-14-7-3-12(4-8-14)17-18(13-5-9-15(30-2)10-6-13)27(19(21)22,20(23,24)25)16(11-28)26-17/h3-10,19,28H,11H2,1-2H3/q+1. The fourth-order valence-corrected chi connectivity index (χ4v) is 3.34. The molecule has 2 aromatic rings. The van der Waals surface area contributed by atoms with Crippen LogP contribution in [0.2, 0.25) is 0 Å². The van der Waals surface area contributed by atoms with Crippen LogP contribution in [0.25, 0.3) is 11.4 Å². The van der Waals surface area contributed by atoms with Crippen LogP contribution in [0.4, 0.5) is 22.0 Å². The number of aliphatic hydroxyl groups is 1. The molecular formula is C20H18F5N2O3+. The molecule has 0 bridgehead atoms. The second kappa shape index (κ2) is 8.04. The second-order valence-corrected chi connectivity index (χ2v) is 6.31. The molecule has 0 saturated carbocycles. The number of benzene rings is 2. The number of rotatable bonds is 6. The molecular weight excluding hydrogens is 411 g/mol. The summed E-state index contributed by atoms with van der Waals surface area (Å²) in [5.41, 5.74) is -1.07. The minimum absolute atomic E-state index is 0.133. The van der Waals surface area contributed by atoms with Crippen LogP contribution >= 0.6 is 0 Å². The monoisotopic (exact) mass is 429 g/mol. The number of alkyl halides is 5. The Morgan fingerprint density at radius 3 is 1.73 bits per heavy atom. The van der Waals surface area contributed by atoms with E-state index in [1.165, 1.54) is 62.8 Å². The second-order valence-electron chi connectivity index (χ2n) is 6.31. The SMILES string of the molecule is COc1ccc(C2=C(c3ccc(OC)cc3)[N+](C(F)F)(C(F)(F)F)C(CO)=N2)cc1. The minimum atomic E-state index is -5.47. The fraction of sp³-hybridized carbons (Fsp3) is 0.250. The van der Waals surface area contributed by atoms with Crippen molar-refractivity contribution in [3.8, 4) is 11.5 Å². The molecule has 0 aromatic heterocycles. The van der Waals surface area contributed by atoms with Crippen molar-refractivity contribution < 1.29 is 41.0 Å². The molecule has 30 heavy (non-hydrogen) atoms. The topological polar surface area (TPSA) is 51.0 Å². The van der Waals surface area contributed by atoms with Gasteiger partial charge in [0.05, 0.1) is 14.2 Å². The lowest BCUT2D eigenvalue weighted by Gasteiger charge is -2.35. The summed E-state index contributed by atoms with van der Waals surface area (Å²) in [7, 11) is 2.78. The summed E-state index contributed by atoms with van der Waals surface area (Å²) in [6, 6.07) is 11.0. The third kappa shape index (κ3) is 3.31. The van der Waals surface area contributed by atoms with Crippen LogP contribution in [0.5, 0.6) is 11.5 Å². The van der Waals surface area contributed by atoms with E-state index >= 15 is 0 Å². The van der Waals surface area contributed by atoms with Gasteiger partial charge in [-0.2, -0.15) is 13.8 Å². The zero-order chi connectivity index (χ0) is 22.1. The van der Waals surface area contributed by atoms with Gasteiger partial charge < -0.3 is 14.6 Å². The number of ether oxygens (including phenoxy) is 2. The highest BCUT2D eigenvalue weighted by Crippen LogP contribution is 2.51. The third-order valence-electron chi connectivity index (χ3n) is 4.79. The largest absolute Gasteiger partial charge is 0.576 e. The van der Waals surface area contributed by atoms with E-state index in [2.05, 4.69) is 4.99 Å². The molecule has 0 fully saturated rings. The molecule has 1 heterocycles. The van der Waals surface area contributed by atoms with Gasteiger partial charge in [-0.3, -0.25) is 0 Å². The van der Waals surface area contributed by atoms with E-state index in [-0.39, 0.29) is 16.8 Å². The Labute approximate surface area is 168 Å². The number of quaternary nitrogens is 1. The highest BCUT2D eigenvalue weighted by atomic mass is 19.4. The molecule has 5 nitrogen and oxygen atoms in total. The van der Waals surface area contributed by atoms with Crippen molar-refractivity contribution >= 4 is 17.2 Å². The summed E-state index contributed by atoms with van der Waals surface area (Å²) in [6.07, 6.45) is -5.47. The van der Waals surface area contributed by atoms with Crippen molar-refractivity contribution in [3.63, 3.8) is 0 Å². The molecule has 1 unspecified atom stereocenters. The molecule has 2 aromatic carbocycles. The van der Waals surface area contributed by atoms with Crippen molar-refractivity contribution in [2.24, 2.45) is 4.99 Å². The quantitative estimate of drug-likeness (QED) is 0.418. The Balaban J connectivity index is 2.36. The molecule has 0 aliphatic carbocycles. The maximum atomic E-state index is 14.2. The molecule has 0 spiro atoms. The van der Waals surface area contributed by atoms with E-state index in [4.69, 9.17) is 9.47 Å². The highest BCUT2D eigenvalue weighted by molar-refractivity contribution is 6.02. The molecule has 0 radical (unpaired) electrons. The zero-order valence-corrected chi connectivity index (χ0v) is 16.0. The molecule has 160 valence electrons. The minimum Gasteiger partial charge on any atom is -0.497 e. The number of methoxy groups -OCH3 is 2. The normalized spacial score (nSPS) is 19.3. The Morgan fingerprint density at radius 2 is 1.37 bits per heavy atom. The summed E-state index contributed by atoms with van der Waals surface area (Å²) in [5.74, 6) is -0.344. The Bertz CT molecular complexity index is 969. The highest BCUT2D eigenvalue weighted by Gasteiger charge is 2.70. The van der Waals surface area contributed by atoms with Gasteiger partial charge in [0.2, 0.25) is 5.84 Å². The van der Waals surface area contributed by atoms with E-state index in [0.717, 1.165) is 0 Å². The van der Waals surface area contributed by atoms with Gasteiger partial charge in [-0.15, -0.1) is 13.2 Å². The van der Waals surface area contributed by atoms with E-state index in [1.54, 1.807) is 0 Å². The van der Waals surface area contributed by atoms with Crippen molar-refractivity contribution in [2.75, 3.05) is 20.8 Å². The van der Waals surface area contributed by atoms with E-state index in [9.17, 15) is 27.1 Å².